The molecule has 25 heavy (non-hydrogen) atoms. The molecule has 3 N–H and O–H groups in total. The maximum absolute atomic E-state index is 6.02. The fraction of sp³-hybridized carbons (Fsp3) is 0.611. The summed E-state index contributed by atoms with van der Waals surface area (Å²) in [6.45, 7) is 4.58. The van der Waals surface area contributed by atoms with Crippen LogP contribution in [0.1, 0.15) is 30.9 Å². The van der Waals surface area contributed by atoms with E-state index >= 15 is 0 Å². The standard InChI is InChI=1S/C18H27N3O3.HI/c19-18(20-8-3-9-22-12-14-6-10-23-13-14)21-16-7-11-24-17-5-2-1-4-15(16)17;/h1-2,4-5,14,16H,3,6-13H2,(H3,19,20,21);1H. The number of fused-ring (bicyclic) bond motifs is 1. The van der Waals surface area contributed by atoms with Crippen molar-refractivity contribution in [2.24, 2.45) is 16.6 Å². The lowest BCUT2D eigenvalue weighted by molar-refractivity contribution is 0.0893. The molecule has 0 radical (unpaired) electrons. The Bertz CT molecular complexity index is 550. The average Bonchev–Trinajstić information content (AvgIpc) is 3.12. The first kappa shape index (κ1) is 20.3. The molecule has 2 atom stereocenters. The summed E-state index contributed by atoms with van der Waals surface area (Å²) in [7, 11) is 0. The van der Waals surface area contributed by atoms with Crippen molar-refractivity contribution in [1.82, 2.24) is 5.32 Å². The second-order valence-electron chi connectivity index (χ2n) is 6.30. The third-order valence-corrected chi connectivity index (χ3v) is 4.39. The molecule has 2 aliphatic rings. The molecule has 2 heterocycles. The number of aliphatic imine (C=N–C) groups is 1. The number of rotatable bonds is 7. The second-order valence-corrected chi connectivity index (χ2v) is 6.30. The quantitative estimate of drug-likeness (QED) is 0.283. The Labute approximate surface area is 166 Å². The number of hydrogen-bond donors (Lipinski definition) is 2. The van der Waals surface area contributed by atoms with Gasteiger partial charge in [-0.25, -0.2) is 0 Å². The van der Waals surface area contributed by atoms with Gasteiger partial charge < -0.3 is 25.3 Å². The predicted octanol–water partition coefficient (Wildman–Crippen LogP) is 2.48. The van der Waals surface area contributed by atoms with E-state index < -0.39 is 0 Å². The molecule has 2 aliphatic heterocycles. The zero-order valence-electron chi connectivity index (χ0n) is 14.5. The Morgan fingerprint density at radius 3 is 3.00 bits per heavy atom. The van der Waals surface area contributed by atoms with Crippen LogP contribution in [0.15, 0.2) is 29.3 Å². The Balaban J connectivity index is 0.00000225. The van der Waals surface area contributed by atoms with Crippen molar-refractivity contribution in [3.63, 3.8) is 0 Å². The van der Waals surface area contributed by atoms with Crippen LogP contribution in [0.3, 0.4) is 0 Å². The Kier molecular flexibility index (Phi) is 8.77. The van der Waals surface area contributed by atoms with E-state index in [2.05, 4.69) is 16.4 Å². The molecule has 0 saturated carbocycles. The predicted molar refractivity (Wildman–Crippen MR) is 109 cm³/mol. The third kappa shape index (κ3) is 6.31. The molecular weight excluding hydrogens is 433 g/mol. The summed E-state index contributed by atoms with van der Waals surface area (Å²) in [5.41, 5.74) is 7.16. The summed E-state index contributed by atoms with van der Waals surface area (Å²) in [5, 5.41) is 3.30. The Hall–Kier alpha value is -1.06. The molecule has 1 saturated heterocycles. The van der Waals surface area contributed by atoms with Gasteiger partial charge in [-0.05, 0) is 18.9 Å². The van der Waals surface area contributed by atoms with Gasteiger partial charge in [0.05, 0.1) is 25.9 Å². The number of hydrogen-bond acceptors (Lipinski definition) is 4. The molecule has 1 aromatic rings. The molecule has 0 aliphatic carbocycles. The third-order valence-electron chi connectivity index (χ3n) is 4.39. The highest BCUT2D eigenvalue weighted by Gasteiger charge is 2.21. The van der Waals surface area contributed by atoms with Gasteiger partial charge in [-0.1, -0.05) is 18.2 Å². The number of benzene rings is 1. The summed E-state index contributed by atoms with van der Waals surface area (Å²) >= 11 is 0. The van der Waals surface area contributed by atoms with Gasteiger partial charge >= 0.3 is 0 Å². The summed E-state index contributed by atoms with van der Waals surface area (Å²) in [5.74, 6) is 1.98. The van der Waals surface area contributed by atoms with Gasteiger partial charge in [-0.3, -0.25) is 4.99 Å². The molecular formula is C18H28IN3O3. The van der Waals surface area contributed by atoms with Gasteiger partial charge in [0.1, 0.15) is 5.75 Å². The Morgan fingerprint density at radius 2 is 2.16 bits per heavy atom. The maximum Gasteiger partial charge on any atom is 0.189 e. The summed E-state index contributed by atoms with van der Waals surface area (Å²) in [6, 6.07) is 8.22. The average molecular weight is 461 g/mol. The molecule has 2 unspecified atom stereocenters. The molecule has 0 amide bonds. The van der Waals surface area contributed by atoms with E-state index in [0.29, 0.717) is 31.6 Å². The number of nitrogens with one attached hydrogen (secondary N) is 1. The molecule has 6 nitrogen and oxygen atoms in total. The topological polar surface area (TPSA) is 78.1 Å². The summed E-state index contributed by atoms with van der Waals surface area (Å²) in [6.07, 6.45) is 2.88. The fourth-order valence-electron chi connectivity index (χ4n) is 3.05. The van der Waals surface area contributed by atoms with Crippen molar-refractivity contribution in [2.75, 3.05) is 39.6 Å². The normalized spacial score (nSPS) is 22.6. The highest BCUT2D eigenvalue weighted by molar-refractivity contribution is 14.0. The van der Waals surface area contributed by atoms with E-state index in [1.165, 1.54) is 0 Å². The van der Waals surface area contributed by atoms with E-state index in [1.54, 1.807) is 0 Å². The first-order valence-corrected chi connectivity index (χ1v) is 8.76. The molecule has 1 aromatic carbocycles. The largest absolute Gasteiger partial charge is 0.493 e. The maximum atomic E-state index is 6.02. The Morgan fingerprint density at radius 1 is 1.28 bits per heavy atom. The van der Waals surface area contributed by atoms with Crippen LogP contribution in [0, 0.1) is 5.92 Å². The van der Waals surface area contributed by atoms with E-state index in [9.17, 15) is 0 Å². The lowest BCUT2D eigenvalue weighted by Crippen LogP contribution is -2.37. The van der Waals surface area contributed by atoms with Gasteiger partial charge in [-0.15, -0.1) is 24.0 Å². The van der Waals surface area contributed by atoms with Gasteiger partial charge in [-0.2, -0.15) is 0 Å². The fourth-order valence-corrected chi connectivity index (χ4v) is 3.05. The van der Waals surface area contributed by atoms with E-state index in [4.69, 9.17) is 19.9 Å². The summed E-state index contributed by atoms with van der Waals surface area (Å²) in [4.78, 5) is 4.40. The van der Waals surface area contributed by atoms with Crippen LogP contribution < -0.4 is 15.8 Å². The zero-order valence-corrected chi connectivity index (χ0v) is 16.8. The number of nitrogens with two attached hydrogens (primary N) is 1. The van der Waals surface area contributed by atoms with Crippen LogP contribution >= 0.6 is 24.0 Å². The minimum absolute atomic E-state index is 0. The van der Waals surface area contributed by atoms with Crippen molar-refractivity contribution in [2.45, 2.75) is 25.3 Å². The van der Waals surface area contributed by atoms with E-state index in [0.717, 1.165) is 50.4 Å². The minimum Gasteiger partial charge on any atom is -0.493 e. The SMILES string of the molecule is I.NC(=NCCCOCC1CCOC1)NC1CCOc2ccccc21. The van der Waals surface area contributed by atoms with Crippen LogP contribution in [-0.4, -0.2) is 45.5 Å². The van der Waals surface area contributed by atoms with Crippen molar-refractivity contribution >= 4 is 29.9 Å². The molecule has 7 heteroatoms. The van der Waals surface area contributed by atoms with Crippen LogP contribution in [-0.2, 0) is 9.47 Å². The van der Waals surface area contributed by atoms with Gasteiger partial charge in [0.2, 0.25) is 0 Å². The first-order chi connectivity index (χ1) is 11.8. The van der Waals surface area contributed by atoms with Crippen LogP contribution in [0.5, 0.6) is 5.75 Å². The second kappa shape index (κ2) is 10.8. The highest BCUT2D eigenvalue weighted by atomic mass is 127. The minimum atomic E-state index is 0. The first-order valence-electron chi connectivity index (χ1n) is 8.76. The van der Waals surface area contributed by atoms with E-state index in [-0.39, 0.29) is 30.0 Å². The summed E-state index contributed by atoms with van der Waals surface area (Å²) < 4.78 is 16.7. The number of ether oxygens (including phenoxy) is 3. The van der Waals surface area contributed by atoms with Crippen LogP contribution in [0.4, 0.5) is 0 Å². The molecule has 0 aromatic heterocycles. The zero-order chi connectivity index (χ0) is 16.6. The van der Waals surface area contributed by atoms with Crippen molar-refractivity contribution in [3.05, 3.63) is 29.8 Å². The molecule has 3 rings (SSSR count). The van der Waals surface area contributed by atoms with Crippen molar-refractivity contribution < 1.29 is 14.2 Å². The molecule has 140 valence electrons. The highest BCUT2D eigenvalue weighted by Crippen LogP contribution is 2.31. The van der Waals surface area contributed by atoms with Crippen LogP contribution in [0.2, 0.25) is 0 Å². The van der Waals surface area contributed by atoms with Crippen molar-refractivity contribution in [1.29, 1.82) is 0 Å². The molecule has 1 fully saturated rings. The van der Waals surface area contributed by atoms with Gasteiger partial charge in [0, 0.05) is 37.7 Å². The van der Waals surface area contributed by atoms with Crippen molar-refractivity contribution in [3.8, 4) is 5.75 Å². The smallest absolute Gasteiger partial charge is 0.189 e. The number of guanidine groups is 1. The van der Waals surface area contributed by atoms with Gasteiger partial charge in [0.25, 0.3) is 0 Å². The molecule has 0 bridgehead atoms. The number of nitrogens with zero attached hydrogens (tertiary/aromatic N) is 1. The lowest BCUT2D eigenvalue weighted by Gasteiger charge is -2.26. The molecule has 0 spiro atoms. The lowest BCUT2D eigenvalue weighted by atomic mass is 10.0. The van der Waals surface area contributed by atoms with Gasteiger partial charge in [0.15, 0.2) is 5.96 Å². The monoisotopic (exact) mass is 461 g/mol. The number of halogens is 1. The number of para-hydroxylation sites is 1. The van der Waals surface area contributed by atoms with E-state index in [1.807, 2.05) is 18.2 Å². The van der Waals surface area contributed by atoms with Crippen LogP contribution in [0.25, 0.3) is 0 Å².